The molecule has 1 N–H and O–H groups in total. The van der Waals surface area contributed by atoms with Gasteiger partial charge >= 0.3 is 0 Å². The number of ketones is 1. The highest BCUT2D eigenvalue weighted by Crippen LogP contribution is 2.33. The summed E-state index contributed by atoms with van der Waals surface area (Å²) in [5.74, 6) is 0.763. The maximum Gasteiger partial charge on any atom is 0.231 e. The molecule has 1 aliphatic rings. The fraction of sp³-hybridized carbons (Fsp3) is 0.200. The van der Waals surface area contributed by atoms with Crippen molar-refractivity contribution >= 4 is 29.1 Å². The van der Waals surface area contributed by atoms with Crippen molar-refractivity contribution in [1.29, 1.82) is 0 Å². The van der Waals surface area contributed by atoms with Crippen molar-refractivity contribution in [1.82, 2.24) is 14.8 Å². The SMILES string of the molecule is C[C@@H]1C(=O)Nc2ccc(C(=O)CSc3nnc(-c4ccccc4)n3C)cc21. The summed E-state index contributed by atoms with van der Waals surface area (Å²) in [5.41, 5.74) is 3.25. The first-order valence-electron chi connectivity index (χ1n) is 8.60. The Morgan fingerprint density at radius 3 is 2.74 bits per heavy atom. The number of aromatic nitrogens is 3. The molecule has 136 valence electrons. The molecule has 0 fully saturated rings. The van der Waals surface area contributed by atoms with E-state index in [9.17, 15) is 9.59 Å². The standard InChI is InChI=1S/C20H18N4O2S/c1-12-15-10-14(8-9-16(15)21-19(12)26)17(25)11-27-20-23-22-18(24(20)2)13-6-4-3-5-7-13/h3-10,12H,11H2,1-2H3,(H,21,26)/t12-/m0/s1. The van der Waals surface area contributed by atoms with Gasteiger partial charge in [-0.2, -0.15) is 0 Å². The first-order valence-corrected chi connectivity index (χ1v) is 9.59. The Kier molecular flexibility index (Phi) is 4.53. The maximum atomic E-state index is 12.6. The molecule has 4 rings (SSSR count). The van der Waals surface area contributed by atoms with E-state index in [0.717, 1.165) is 22.6 Å². The van der Waals surface area contributed by atoms with Crippen LogP contribution in [0.1, 0.15) is 28.8 Å². The van der Waals surface area contributed by atoms with Crippen molar-refractivity contribution in [2.75, 3.05) is 11.1 Å². The zero-order valence-electron chi connectivity index (χ0n) is 15.0. The molecule has 1 aromatic heterocycles. The number of hydrogen-bond acceptors (Lipinski definition) is 5. The predicted octanol–water partition coefficient (Wildman–Crippen LogP) is 3.51. The molecular weight excluding hydrogens is 360 g/mol. The van der Waals surface area contributed by atoms with Crippen LogP contribution in [0, 0.1) is 0 Å². The number of hydrogen-bond donors (Lipinski definition) is 1. The Balaban J connectivity index is 1.48. The molecule has 0 radical (unpaired) electrons. The first-order chi connectivity index (χ1) is 13.0. The van der Waals surface area contributed by atoms with E-state index >= 15 is 0 Å². The van der Waals surface area contributed by atoms with Crippen LogP contribution in [0.4, 0.5) is 5.69 Å². The van der Waals surface area contributed by atoms with Gasteiger partial charge in [-0.15, -0.1) is 10.2 Å². The van der Waals surface area contributed by atoms with Crippen molar-refractivity contribution in [3.63, 3.8) is 0 Å². The number of nitrogens with zero attached hydrogens (tertiary/aromatic N) is 3. The van der Waals surface area contributed by atoms with Gasteiger partial charge in [-0.1, -0.05) is 42.1 Å². The Morgan fingerprint density at radius 2 is 1.96 bits per heavy atom. The van der Waals surface area contributed by atoms with E-state index in [1.807, 2.05) is 54.9 Å². The van der Waals surface area contributed by atoms with Gasteiger partial charge in [0.2, 0.25) is 5.91 Å². The van der Waals surface area contributed by atoms with Crippen molar-refractivity contribution in [2.24, 2.45) is 7.05 Å². The average molecular weight is 378 g/mol. The highest BCUT2D eigenvalue weighted by atomic mass is 32.2. The fourth-order valence-corrected chi connectivity index (χ4v) is 3.89. The van der Waals surface area contributed by atoms with Gasteiger partial charge < -0.3 is 9.88 Å². The third-order valence-electron chi connectivity index (χ3n) is 4.69. The van der Waals surface area contributed by atoms with E-state index in [1.54, 1.807) is 12.1 Å². The normalized spacial score (nSPS) is 15.5. The van der Waals surface area contributed by atoms with Gasteiger partial charge in [0.15, 0.2) is 16.8 Å². The third kappa shape index (κ3) is 3.26. The molecule has 3 aromatic rings. The maximum absolute atomic E-state index is 12.6. The molecule has 2 aromatic carbocycles. The van der Waals surface area contributed by atoms with E-state index in [2.05, 4.69) is 15.5 Å². The zero-order chi connectivity index (χ0) is 19.0. The Hall–Kier alpha value is -2.93. The number of anilines is 1. The zero-order valence-corrected chi connectivity index (χ0v) is 15.8. The molecule has 0 spiro atoms. The minimum absolute atomic E-state index is 0.00129. The van der Waals surface area contributed by atoms with Crippen LogP contribution in [0.15, 0.2) is 53.7 Å². The van der Waals surface area contributed by atoms with Gasteiger partial charge in [0, 0.05) is 23.9 Å². The third-order valence-corrected chi connectivity index (χ3v) is 5.71. The number of carbonyl (C=O) groups is 2. The van der Waals surface area contributed by atoms with Crippen LogP contribution in [0.5, 0.6) is 0 Å². The average Bonchev–Trinajstić information content (AvgIpc) is 3.20. The molecule has 0 unspecified atom stereocenters. The van der Waals surface area contributed by atoms with Crippen LogP contribution in [0.25, 0.3) is 11.4 Å². The second-order valence-corrected chi connectivity index (χ2v) is 7.40. The first kappa shape index (κ1) is 17.5. The van der Waals surface area contributed by atoms with Crippen LogP contribution in [-0.4, -0.2) is 32.2 Å². The lowest BCUT2D eigenvalue weighted by atomic mass is 9.99. The van der Waals surface area contributed by atoms with Gasteiger partial charge in [0.05, 0.1) is 11.7 Å². The number of rotatable bonds is 5. The second-order valence-electron chi connectivity index (χ2n) is 6.46. The molecule has 0 bridgehead atoms. The molecular formula is C20H18N4O2S. The van der Waals surface area contributed by atoms with Gasteiger partial charge in [-0.3, -0.25) is 9.59 Å². The molecule has 0 saturated heterocycles. The van der Waals surface area contributed by atoms with Gasteiger partial charge in [-0.25, -0.2) is 0 Å². The highest BCUT2D eigenvalue weighted by Gasteiger charge is 2.27. The summed E-state index contributed by atoms with van der Waals surface area (Å²) in [4.78, 5) is 24.4. The molecule has 1 amide bonds. The summed E-state index contributed by atoms with van der Waals surface area (Å²) in [7, 11) is 1.89. The lowest BCUT2D eigenvalue weighted by Gasteiger charge is -2.06. The number of thioether (sulfide) groups is 1. The van der Waals surface area contributed by atoms with Gasteiger partial charge in [-0.05, 0) is 30.7 Å². The minimum atomic E-state index is -0.229. The smallest absolute Gasteiger partial charge is 0.231 e. The van der Waals surface area contributed by atoms with Crippen LogP contribution in [-0.2, 0) is 11.8 Å². The molecule has 1 atom stereocenters. The molecule has 7 heteroatoms. The predicted molar refractivity (Wildman–Crippen MR) is 105 cm³/mol. The van der Waals surface area contributed by atoms with Gasteiger partial charge in [0.25, 0.3) is 0 Å². The molecule has 0 saturated carbocycles. The summed E-state index contributed by atoms with van der Waals surface area (Å²) < 4.78 is 1.89. The molecule has 2 heterocycles. The molecule has 27 heavy (non-hydrogen) atoms. The number of amides is 1. The Bertz CT molecular complexity index is 1030. The fourth-order valence-electron chi connectivity index (χ4n) is 3.08. The Morgan fingerprint density at radius 1 is 1.19 bits per heavy atom. The largest absolute Gasteiger partial charge is 0.325 e. The number of carbonyl (C=O) groups excluding carboxylic acids is 2. The van der Waals surface area contributed by atoms with Crippen LogP contribution in [0.3, 0.4) is 0 Å². The van der Waals surface area contributed by atoms with E-state index in [4.69, 9.17) is 0 Å². The van der Waals surface area contributed by atoms with Crippen molar-refractivity contribution < 1.29 is 9.59 Å². The lowest BCUT2D eigenvalue weighted by Crippen LogP contribution is -2.08. The van der Waals surface area contributed by atoms with Crippen molar-refractivity contribution in [2.45, 2.75) is 18.0 Å². The summed E-state index contributed by atoms with van der Waals surface area (Å²) in [6.07, 6.45) is 0. The van der Waals surface area contributed by atoms with Crippen molar-refractivity contribution in [3.8, 4) is 11.4 Å². The number of fused-ring (bicyclic) bond motifs is 1. The molecule has 0 aliphatic carbocycles. The number of nitrogens with one attached hydrogen (secondary N) is 1. The summed E-state index contributed by atoms with van der Waals surface area (Å²) in [6.45, 7) is 1.84. The summed E-state index contributed by atoms with van der Waals surface area (Å²) >= 11 is 1.36. The number of benzene rings is 2. The monoisotopic (exact) mass is 378 g/mol. The Labute approximate surface area is 161 Å². The van der Waals surface area contributed by atoms with Crippen molar-refractivity contribution in [3.05, 3.63) is 59.7 Å². The van der Waals surface area contributed by atoms with Crippen LogP contribution in [0.2, 0.25) is 0 Å². The van der Waals surface area contributed by atoms with E-state index in [1.165, 1.54) is 11.8 Å². The summed E-state index contributed by atoms with van der Waals surface area (Å²) in [5, 5.41) is 12.0. The van der Waals surface area contributed by atoms with Gasteiger partial charge in [0.1, 0.15) is 0 Å². The summed E-state index contributed by atoms with van der Waals surface area (Å²) in [6, 6.07) is 15.2. The topological polar surface area (TPSA) is 76.9 Å². The molecule has 1 aliphatic heterocycles. The second kappa shape index (κ2) is 7.00. The quantitative estimate of drug-likeness (QED) is 0.543. The lowest BCUT2D eigenvalue weighted by molar-refractivity contribution is -0.116. The molecule has 6 nitrogen and oxygen atoms in total. The number of Topliss-reactive ketones (excluding diaryl/α,β-unsaturated/α-hetero) is 1. The van der Waals surface area contributed by atoms with Crippen LogP contribution < -0.4 is 5.32 Å². The van der Waals surface area contributed by atoms with Crippen LogP contribution >= 0.6 is 11.8 Å². The van der Waals surface area contributed by atoms with E-state index in [-0.39, 0.29) is 23.4 Å². The van der Waals surface area contributed by atoms with E-state index < -0.39 is 0 Å². The minimum Gasteiger partial charge on any atom is -0.325 e. The highest BCUT2D eigenvalue weighted by molar-refractivity contribution is 7.99. The van der Waals surface area contributed by atoms with E-state index in [0.29, 0.717) is 10.7 Å².